The maximum Gasteiger partial charge on any atom is -0.0174 e. The van der Waals surface area contributed by atoms with Crippen LogP contribution in [-0.4, -0.2) is 0 Å². The normalized spacial score (nSPS) is 14.7. The summed E-state index contributed by atoms with van der Waals surface area (Å²) in [6.45, 7) is 10.9. The molecule has 0 saturated heterocycles. The van der Waals surface area contributed by atoms with Crippen LogP contribution in [0.1, 0.15) is 41.0 Å². The summed E-state index contributed by atoms with van der Waals surface area (Å²) in [5, 5.41) is 0. The van der Waals surface area contributed by atoms with Crippen molar-refractivity contribution in [3.63, 3.8) is 0 Å². The smallest absolute Gasteiger partial charge is 0.0174 e. The first kappa shape index (κ1) is 12.2. The quantitative estimate of drug-likeness (QED) is 0.556. The Hall–Kier alpha value is -0.780. The molecule has 0 aliphatic carbocycles. The predicted octanol–water partition coefficient (Wildman–Crippen LogP) is 4.50. The van der Waals surface area contributed by atoms with E-state index in [1.165, 1.54) is 12.0 Å². The zero-order valence-corrected chi connectivity index (χ0v) is 9.59. The zero-order valence-electron chi connectivity index (χ0n) is 9.59. The highest BCUT2D eigenvalue weighted by atomic mass is 14.1. The Morgan fingerprint density at radius 2 is 1.92 bits per heavy atom. The Morgan fingerprint density at radius 1 is 1.31 bits per heavy atom. The molecule has 0 bridgehead atoms. The standard InChI is InChI=1S/C13H22/c1-6-9-12(3)10-8-11-13(4,5)7-2/h6,8-11H,7H2,1-5H3/b9-6-,11-8+,12-10-. The minimum atomic E-state index is 0.326. The van der Waals surface area contributed by atoms with E-state index in [0.29, 0.717) is 5.41 Å². The van der Waals surface area contributed by atoms with Gasteiger partial charge in [0.15, 0.2) is 0 Å². The molecule has 0 fully saturated rings. The molecule has 74 valence electrons. The molecule has 0 heteroatoms. The lowest BCUT2D eigenvalue weighted by Gasteiger charge is -2.16. The van der Waals surface area contributed by atoms with Crippen LogP contribution in [0.2, 0.25) is 0 Å². The van der Waals surface area contributed by atoms with Crippen LogP contribution < -0.4 is 0 Å². The highest BCUT2D eigenvalue weighted by molar-refractivity contribution is 5.21. The molecule has 0 aromatic rings. The lowest BCUT2D eigenvalue weighted by molar-refractivity contribution is 0.462. The van der Waals surface area contributed by atoms with Crippen LogP contribution in [0.3, 0.4) is 0 Å². The van der Waals surface area contributed by atoms with Crippen molar-refractivity contribution in [1.29, 1.82) is 0 Å². The molecule has 0 radical (unpaired) electrons. The molecule has 0 aromatic carbocycles. The maximum atomic E-state index is 2.26. The Morgan fingerprint density at radius 3 is 2.38 bits per heavy atom. The van der Waals surface area contributed by atoms with Gasteiger partial charge in [-0.25, -0.2) is 0 Å². The van der Waals surface area contributed by atoms with E-state index in [0.717, 1.165) is 0 Å². The minimum Gasteiger partial charge on any atom is -0.0874 e. The molecule has 0 N–H and O–H groups in total. The Labute approximate surface area is 83.0 Å². The van der Waals surface area contributed by atoms with Gasteiger partial charge in [-0.15, -0.1) is 0 Å². The van der Waals surface area contributed by atoms with E-state index in [4.69, 9.17) is 0 Å². The van der Waals surface area contributed by atoms with Gasteiger partial charge in [0.1, 0.15) is 0 Å². The molecule has 0 nitrogen and oxygen atoms in total. The molecule has 0 aliphatic rings. The monoisotopic (exact) mass is 178 g/mol. The molecule has 0 aliphatic heterocycles. The fourth-order valence-electron chi connectivity index (χ4n) is 0.897. The molecule has 0 saturated carbocycles. The molecule has 0 rings (SSSR count). The second-order valence-corrected chi connectivity index (χ2v) is 4.11. The number of allylic oxidation sites excluding steroid dienone is 6. The molecule has 13 heavy (non-hydrogen) atoms. The van der Waals surface area contributed by atoms with E-state index in [1.807, 2.05) is 6.92 Å². The van der Waals surface area contributed by atoms with E-state index in [2.05, 4.69) is 58.1 Å². The fraction of sp³-hybridized carbons (Fsp3) is 0.538. The van der Waals surface area contributed by atoms with Gasteiger partial charge in [0, 0.05) is 0 Å². The van der Waals surface area contributed by atoms with Crippen LogP contribution >= 0.6 is 0 Å². The van der Waals surface area contributed by atoms with Crippen molar-refractivity contribution in [1.82, 2.24) is 0 Å². The van der Waals surface area contributed by atoms with Crippen molar-refractivity contribution in [2.24, 2.45) is 5.41 Å². The summed E-state index contributed by atoms with van der Waals surface area (Å²) >= 11 is 0. The summed E-state index contributed by atoms with van der Waals surface area (Å²) in [6.07, 6.45) is 11.9. The van der Waals surface area contributed by atoms with Crippen LogP contribution in [0, 0.1) is 5.41 Å². The lowest BCUT2D eigenvalue weighted by Crippen LogP contribution is -2.03. The predicted molar refractivity (Wildman–Crippen MR) is 61.8 cm³/mol. The highest BCUT2D eigenvalue weighted by Gasteiger charge is 2.08. The first-order valence-electron chi connectivity index (χ1n) is 5.00. The molecule has 0 unspecified atom stereocenters. The third-order valence-electron chi connectivity index (χ3n) is 2.25. The van der Waals surface area contributed by atoms with E-state index in [1.54, 1.807) is 0 Å². The lowest BCUT2D eigenvalue weighted by atomic mass is 9.90. The number of rotatable bonds is 4. The topological polar surface area (TPSA) is 0 Å². The maximum absolute atomic E-state index is 2.26. The Balaban J connectivity index is 4.22. The highest BCUT2D eigenvalue weighted by Crippen LogP contribution is 2.21. The van der Waals surface area contributed by atoms with Gasteiger partial charge in [0.25, 0.3) is 0 Å². The van der Waals surface area contributed by atoms with E-state index < -0.39 is 0 Å². The molecular formula is C13H22. The summed E-state index contributed by atoms with van der Waals surface area (Å²) in [4.78, 5) is 0. The van der Waals surface area contributed by atoms with Crippen LogP contribution in [0.25, 0.3) is 0 Å². The Bertz CT molecular complexity index is 214. The first-order valence-corrected chi connectivity index (χ1v) is 5.00. The second-order valence-electron chi connectivity index (χ2n) is 4.11. The van der Waals surface area contributed by atoms with E-state index >= 15 is 0 Å². The summed E-state index contributed by atoms with van der Waals surface area (Å²) in [7, 11) is 0. The van der Waals surface area contributed by atoms with Crippen LogP contribution in [-0.2, 0) is 0 Å². The Kier molecular flexibility index (Phi) is 5.45. The summed E-state index contributed by atoms with van der Waals surface area (Å²) in [6, 6.07) is 0. The largest absolute Gasteiger partial charge is 0.0874 e. The summed E-state index contributed by atoms with van der Waals surface area (Å²) in [5.41, 5.74) is 1.62. The van der Waals surface area contributed by atoms with Gasteiger partial charge in [0.05, 0.1) is 0 Å². The molecule has 0 amide bonds. The SMILES string of the molecule is C\C=C/C(C)=C\C=C\C(C)(C)CC. The summed E-state index contributed by atoms with van der Waals surface area (Å²) in [5.74, 6) is 0. The van der Waals surface area contributed by atoms with Gasteiger partial charge >= 0.3 is 0 Å². The van der Waals surface area contributed by atoms with Gasteiger partial charge in [-0.2, -0.15) is 0 Å². The van der Waals surface area contributed by atoms with Crippen molar-refractivity contribution in [2.45, 2.75) is 41.0 Å². The van der Waals surface area contributed by atoms with Crippen molar-refractivity contribution in [2.75, 3.05) is 0 Å². The number of hydrogen-bond donors (Lipinski definition) is 0. The molecular weight excluding hydrogens is 156 g/mol. The average molecular weight is 178 g/mol. The van der Waals surface area contributed by atoms with Crippen LogP contribution in [0.5, 0.6) is 0 Å². The number of hydrogen-bond acceptors (Lipinski definition) is 0. The second kappa shape index (κ2) is 5.80. The molecule has 0 aromatic heterocycles. The van der Waals surface area contributed by atoms with Crippen molar-refractivity contribution in [3.05, 3.63) is 36.0 Å². The van der Waals surface area contributed by atoms with Gasteiger partial charge in [-0.1, -0.05) is 56.7 Å². The van der Waals surface area contributed by atoms with E-state index in [9.17, 15) is 0 Å². The molecule has 0 heterocycles. The van der Waals surface area contributed by atoms with Crippen molar-refractivity contribution >= 4 is 0 Å². The van der Waals surface area contributed by atoms with Gasteiger partial charge in [-0.05, 0) is 25.7 Å². The van der Waals surface area contributed by atoms with Crippen LogP contribution in [0.15, 0.2) is 36.0 Å². The average Bonchev–Trinajstić information content (AvgIpc) is 2.05. The van der Waals surface area contributed by atoms with E-state index in [-0.39, 0.29) is 0 Å². The van der Waals surface area contributed by atoms with Gasteiger partial charge in [0.2, 0.25) is 0 Å². The van der Waals surface area contributed by atoms with Crippen LogP contribution in [0.4, 0.5) is 0 Å². The van der Waals surface area contributed by atoms with Crippen molar-refractivity contribution in [3.8, 4) is 0 Å². The zero-order chi connectivity index (χ0) is 10.3. The van der Waals surface area contributed by atoms with Gasteiger partial charge in [-0.3, -0.25) is 0 Å². The fourth-order valence-corrected chi connectivity index (χ4v) is 0.897. The van der Waals surface area contributed by atoms with Gasteiger partial charge < -0.3 is 0 Å². The van der Waals surface area contributed by atoms with Crippen molar-refractivity contribution < 1.29 is 0 Å². The summed E-state index contributed by atoms with van der Waals surface area (Å²) < 4.78 is 0. The minimum absolute atomic E-state index is 0.326. The first-order chi connectivity index (χ1) is 6.02. The third-order valence-corrected chi connectivity index (χ3v) is 2.25. The molecule has 0 atom stereocenters. The third kappa shape index (κ3) is 6.39. The molecule has 0 spiro atoms.